The van der Waals surface area contributed by atoms with Crippen LogP contribution >= 0.6 is 11.3 Å². The number of hydrogen-bond acceptors (Lipinski definition) is 5. The summed E-state index contributed by atoms with van der Waals surface area (Å²) >= 11 is 1.61. The molecule has 0 saturated carbocycles. The molecule has 0 saturated heterocycles. The molecule has 4 rings (SSSR count). The average Bonchev–Trinajstić information content (AvgIpc) is 3.37. The minimum Gasteiger partial charge on any atom is -0.508 e. The van der Waals surface area contributed by atoms with Crippen LogP contribution in [0.5, 0.6) is 5.75 Å². The van der Waals surface area contributed by atoms with Crippen molar-refractivity contribution >= 4 is 28.5 Å². The molecule has 1 aliphatic rings. The molecule has 0 spiro atoms. The van der Waals surface area contributed by atoms with Gasteiger partial charge in [0.15, 0.2) is 0 Å². The van der Waals surface area contributed by atoms with Crippen LogP contribution in [0, 0.1) is 11.3 Å². The SMILES string of the molecule is CC(C)(C)[C@@H]1CCc2c(sc(N=Cc3cccc(O)c3)c2C(=O)NCc2ccco2)C1. The van der Waals surface area contributed by atoms with Crippen molar-refractivity contribution in [3.8, 4) is 5.75 Å². The van der Waals surface area contributed by atoms with E-state index in [0.29, 0.717) is 18.0 Å². The van der Waals surface area contributed by atoms with Crippen LogP contribution in [0.4, 0.5) is 5.00 Å². The van der Waals surface area contributed by atoms with E-state index in [1.807, 2.05) is 18.2 Å². The van der Waals surface area contributed by atoms with Gasteiger partial charge in [-0.3, -0.25) is 4.79 Å². The number of phenolic OH excluding ortho intramolecular Hbond substituents is 1. The first-order valence-corrected chi connectivity index (χ1v) is 11.4. The topological polar surface area (TPSA) is 74.8 Å². The Labute approximate surface area is 186 Å². The van der Waals surface area contributed by atoms with E-state index < -0.39 is 0 Å². The molecule has 2 N–H and O–H groups in total. The van der Waals surface area contributed by atoms with E-state index in [1.165, 1.54) is 4.88 Å². The van der Waals surface area contributed by atoms with Gasteiger partial charge in [0, 0.05) is 11.1 Å². The molecular formula is C25H28N2O3S. The number of hydrogen-bond donors (Lipinski definition) is 2. The number of nitrogens with one attached hydrogen (secondary N) is 1. The molecule has 162 valence electrons. The first kappa shape index (κ1) is 21.4. The quantitative estimate of drug-likeness (QED) is 0.491. The number of fused-ring (bicyclic) bond motifs is 1. The van der Waals surface area contributed by atoms with Gasteiger partial charge in [0.1, 0.15) is 16.5 Å². The van der Waals surface area contributed by atoms with Gasteiger partial charge in [-0.05, 0) is 66.0 Å². The van der Waals surface area contributed by atoms with Gasteiger partial charge in [-0.25, -0.2) is 4.99 Å². The van der Waals surface area contributed by atoms with E-state index in [2.05, 4.69) is 31.1 Å². The second-order valence-corrected chi connectivity index (χ2v) is 10.2. The van der Waals surface area contributed by atoms with E-state index in [9.17, 15) is 9.90 Å². The number of rotatable bonds is 5. The summed E-state index contributed by atoms with van der Waals surface area (Å²) in [6, 6.07) is 10.6. The summed E-state index contributed by atoms with van der Waals surface area (Å²) in [5.41, 5.74) is 2.83. The minimum absolute atomic E-state index is 0.119. The molecule has 1 aliphatic carbocycles. The lowest BCUT2D eigenvalue weighted by Crippen LogP contribution is -2.28. The smallest absolute Gasteiger partial charge is 0.255 e. The molecule has 1 aromatic carbocycles. The van der Waals surface area contributed by atoms with Crippen molar-refractivity contribution in [3.05, 3.63) is 70.0 Å². The summed E-state index contributed by atoms with van der Waals surface area (Å²) in [5, 5.41) is 13.4. The van der Waals surface area contributed by atoms with Gasteiger partial charge in [0.25, 0.3) is 5.91 Å². The Kier molecular flexibility index (Phi) is 6.01. The van der Waals surface area contributed by atoms with Crippen molar-refractivity contribution in [3.63, 3.8) is 0 Å². The fourth-order valence-corrected chi connectivity index (χ4v) is 5.31. The number of aliphatic imine (C=N–C) groups is 1. The third kappa shape index (κ3) is 4.90. The Morgan fingerprint density at radius 1 is 1.32 bits per heavy atom. The number of phenols is 1. The molecule has 2 aromatic heterocycles. The van der Waals surface area contributed by atoms with Crippen LogP contribution in [0.15, 0.2) is 52.1 Å². The maximum Gasteiger partial charge on any atom is 0.255 e. The van der Waals surface area contributed by atoms with Crippen LogP contribution in [0.2, 0.25) is 0 Å². The van der Waals surface area contributed by atoms with Gasteiger partial charge < -0.3 is 14.8 Å². The zero-order valence-corrected chi connectivity index (χ0v) is 19.0. The fraction of sp³-hybridized carbons (Fsp3) is 0.360. The van der Waals surface area contributed by atoms with E-state index in [0.717, 1.165) is 41.2 Å². The number of nitrogens with zero attached hydrogens (tertiary/aromatic N) is 1. The summed E-state index contributed by atoms with van der Waals surface area (Å²) < 4.78 is 5.35. The lowest BCUT2D eigenvalue weighted by Gasteiger charge is -2.33. The Bertz CT molecular complexity index is 1090. The Hall–Kier alpha value is -2.86. The molecule has 2 heterocycles. The predicted molar refractivity (Wildman–Crippen MR) is 125 cm³/mol. The predicted octanol–water partition coefficient (Wildman–Crippen LogP) is 5.88. The zero-order valence-electron chi connectivity index (χ0n) is 18.1. The second-order valence-electron chi connectivity index (χ2n) is 9.10. The van der Waals surface area contributed by atoms with Gasteiger partial charge >= 0.3 is 0 Å². The molecule has 6 heteroatoms. The van der Waals surface area contributed by atoms with Crippen molar-refractivity contribution in [1.29, 1.82) is 0 Å². The van der Waals surface area contributed by atoms with E-state index in [-0.39, 0.29) is 17.1 Å². The van der Waals surface area contributed by atoms with Crippen molar-refractivity contribution in [2.45, 2.75) is 46.6 Å². The van der Waals surface area contributed by atoms with E-state index in [1.54, 1.807) is 42.0 Å². The lowest BCUT2D eigenvalue weighted by molar-refractivity contribution is 0.0947. The number of aromatic hydroxyl groups is 1. The molecule has 1 amide bonds. The third-order valence-electron chi connectivity index (χ3n) is 5.90. The number of thiophene rings is 1. The number of carbonyl (C=O) groups is 1. The van der Waals surface area contributed by atoms with E-state index in [4.69, 9.17) is 4.42 Å². The normalized spacial score (nSPS) is 16.4. The monoisotopic (exact) mass is 436 g/mol. The molecular weight excluding hydrogens is 408 g/mol. The first-order chi connectivity index (χ1) is 14.8. The van der Waals surface area contributed by atoms with Crippen molar-refractivity contribution in [1.82, 2.24) is 5.32 Å². The summed E-state index contributed by atoms with van der Waals surface area (Å²) in [7, 11) is 0. The summed E-state index contributed by atoms with van der Waals surface area (Å²) in [4.78, 5) is 19.1. The highest BCUT2D eigenvalue weighted by atomic mass is 32.1. The number of carbonyl (C=O) groups excluding carboxylic acids is 1. The highest BCUT2D eigenvalue weighted by Gasteiger charge is 2.33. The molecule has 31 heavy (non-hydrogen) atoms. The van der Waals surface area contributed by atoms with Gasteiger partial charge in [0.05, 0.1) is 18.4 Å². The van der Waals surface area contributed by atoms with Crippen LogP contribution in [0.25, 0.3) is 0 Å². The fourth-order valence-electron chi connectivity index (χ4n) is 4.04. The first-order valence-electron chi connectivity index (χ1n) is 10.6. The number of benzene rings is 1. The molecule has 5 nitrogen and oxygen atoms in total. The van der Waals surface area contributed by atoms with Gasteiger partial charge in [-0.15, -0.1) is 11.3 Å². The standard InChI is InChI=1S/C25H28N2O3S/c1-25(2,3)17-9-10-20-21(13-17)31-24(27-14-16-6-4-7-18(28)12-16)22(20)23(29)26-15-19-8-5-11-30-19/h4-8,11-12,14,17,28H,9-10,13,15H2,1-3H3,(H,26,29)/t17-/m1/s1. The third-order valence-corrected chi connectivity index (χ3v) is 7.07. The number of amides is 1. The van der Waals surface area contributed by atoms with Gasteiger partial charge in [-0.2, -0.15) is 0 Å². The van der Waals surface area contributed by atoms with E-state index >= 15 is 0 Å². The second kappa shape index (κ2) is 8.71. The van der Waals surface area contributed by atoms with Gasteiger partial charge in [0.2, 0.25) is 0 Å². The van der Waals surface area contributed by atoms with Crippen LogP contribution in [0.1, 0.15) is 59.3 Å². The van der Waals surface area contributed by atoms with Crippen LogP contribution in [0.3, 0.4) is 0 Å². The molecule has 0 fully saturated rings. The highest BCUT2D eigenvalue weighted by molar-refractivity contribution is 7.16. The lowest BCUT2D eigenvalue weighted by atomic mass is 9.72. The Morgan fingerprint density at radius 2 is 2.16 bits per heavy atom. The minimum atomic E-state index is -0.119. The summed E-state index contributed by atoms with van der Waals surface area (Å²) in [6.45, 7) is 7.20. The Morgan fingerprint density at radius 3 is 2.87 bits per heavy atom. The van der Waals surface area contributed by atoms with Crippen molar-refractivity contribution in [2.24, 2.45) is 16.3 Å². The van der Waals surface area contributed by atoms with Crippen LogP contribution < -0.4 is 5.32 Å². The average molecular weight is 437 g/mol. The van der Waals surface area contributed by atoms with Crippen LogP contribution in [-0.4, -0.2) is 17.2 Å². The maximum absolute atomic E-state index is 13.2. The van der Waals surface area contributed by atoms with Crippen molar-refractivity contribution < 1.29 is 14.3 Å². The number of furan rings is 1. The molecule has 0 bridgehead atoms. The van der Waals surface area contributed by atoms with Crippen LogP contribution in [-0.2, 0) is 19.4 Å². The Balaban J connectivity index is 1.65. The molecule has 1 atom stereocenters. The molecule has 3 aromatic rings. The van der Waals surface area contributed by atoms with Gasteiger partial charge in [-0.1, -0.05) is 32.9 Å². The molecule has 0 radical (unpaired) electrons. The summed E-state index contributed by atoms with van der Waals surface area (Å²) in [5.74, 6) is 1.38. The summed E-state index contributed by atoms with van der Waals surface area (Å²) in [6.07, 6.45) is 6.25. The largest absolute Gasteiger partial charge is 0.508 e. The zero-order chi connectivity index (χ0) is 22.0. The van der Waals surface area contributed by atoms with Crippen molar-refractivity contribution in [2.75, 3.05) is 0 Å². The highest BCUT2D eigenvalue weighted by Crippen LogP contribution is 2.45. The molecule has 0 unspecified atom stereocenters. The maximum atomic E-state index is 13.2. The molecule has 0 aliphatic heterocycles.